The highest BCUT2D eigenvalue weighted by atomic mass is 16.5. The zero-order chi connectivity index (χ0) is 16.4. The number of carbonyl (C=O) groups is 1. The minimum Gasteiger partial charge on any atom is -0.497 e. The van der Waals surface area contributed by atoms with Crippen molar-refractivity contribution in [3.8, 4) is 18.1 Å². The summed E-state index contributed by atoms with van der Waals surface area (Å²) in [7, 11) is 1.61. The normalized spacial score (nSPS) is 19.3. The zero-order valence-corrected chi connectivity index (χ0v) is 12.8. The van der Waals surface area contributed by atoms with Gasteiger partial charge in [0.1, 0.15) is 5.75 Å². The highest BCUT2D eigenvalue weighted by Crippen LogP contribution is 2.42. The van der Waals surface area contributed by atoms with Crippen molar-refractivity contribution in [1.82, 2.24) is 0 Å². The highest BCUT2D eigenvalue weighted by Gasteiger charge is 2.48. The molecule has 1 N–H and O–H groups in total. The van der Waals surface area contributed by atoms with Crippen molar-refractivity contribution in [3.63, 3.8) is 0 Å². The second-order valence-corrected chi connectivity index (χ2v) is 5.50. The van der Waals surface area contributed by atoms with E-state index in [0.29, 0.717) is 17.8 Å². The molecule has 0 saturated carbocycles. The summed E-state index contributed by atoms with van der Waals surface area (Å²) in [5.74, 6) is 2.78. The molecule has 0 bridgehead atoms. The topological polar surface area (TPSA) is 49.8 Å². The van der Waals surface area contributed by atoms with Gasteiger partial charge in [0.15, 0.2) is 5.60 Å². The SMILES string of the molecule is C#CCC1(O)C(=O)N(Cc2ccc(OC)cc2)c2ccccc21. The number of terminal acetylenes is 1. The number of aliphatic hydroxyl groups is 1. The Morgan fingerprint density at radius 3 is 2.57 bits per heavy atom. The summed E-state index contributed by atoms with van der Waals surface area (Å²) >= 11 is 0. The van der Waals surface area contributed by atoms with Gasteiger partial charge in [0.05, 0.1) is 25.8 Å². The molecule has 23 heavy (non-hydrogen) atoms. The van der Waals surface area contributed by atoms with E-state index in [2.05, 4.69) is 5.92 Å². The van der Waals surface area contributed by atoms with Crippen LogP contribution < -0.4 is 9.64 Å². The van der Waals surface area contributed by atoms with Crippen molar-refractivity contribution >= 4 is 11.6 Å². The number of fused-ring (bicyclic) bond motifs is 1. The summed E-state index contributed by atoms with van der Waals surface area (Å²) in [6.45, 7) is 0.368. The van der Waals surface area contributed by atoms with Gasteiger partial charge in [-0.25, -0.2) is 0 Å². The first-order chi connectivity index (χ1) is 11.1. The Balaban J connectivity index is 1.96. The molecule has 4 heteroatoms. The maximum atomic E-state index is 12.8. The number of hydrogen-bond acceptors (Lipinski definition) is 3. The number of nitrogens with zero attached hydrogens (tertiary/aromatic N) is 1. The van der Waals surface area contributed by atoms with Gasteiger partial charge in [-0.3, -0.25) is 4.79 Å². The van der Waals surface area contributed by atoms with Crippen molar-refractivity contribution in [2.45, 2.75) is 18.6 Å². The lowest BCUT2D eigenvalue weighted by molar-refractivity contribution is -0.135. The number of methoxy groups -OCH3 is 1. The van der Waals surface area contributed by atoms with Crippen molar-refractivity contribution in [1.29, 1.82) is 0 Å². The van der Waals surface area contributed by atoms with Crippen LogP contribution in [0, 0.1) is 12.3 Å². The molecule has 0 fully saturated rings. The van der Waals surface area contributed by atoms with Gasteiger partial charge in [0.2, 0.25) is 0 Å². The molecule has 3 rings (SSSR count). The fourth-order valence-corrected chi connectivity index (χ4v) is 2.90. The zero-order valence-electron chi connectivity index (χ0n) is 12.8. The van der Waals surface area contributed by atoms with Gasteiger partial charge in [-0.15, -0.1) is 12.3 Å². The third-order valence-corrected chi connectivity index (χ3v) is 4.10. The smallest absolute Gasteiger partial charge is 0.265 e. The summed E-state index contributed by atoms with van der Waals surface area (Å²) in [6.07, 6.45) is 5.31. The van der Waals surface area contributed by atoms with Crippen LogP contribution in [0.1, 0.15) is 17.5 Å². The van der Waals surface area contributed by atoms with Crippen LogP contribution >= 0.6 is 0 Å². The first kappa shape index (κ1) is 15.1. The molecule has 0 spiro atoms. The van der Waals surface area contributed by atoms with Gasteiger partial charge in [0.25, 0.3) is 5.91 Å². The van der Waals surface area contributed by atoms with Crippen molar-refractivity contribution in [2.24, 2.45) is 0 Å². The van der Waals surface area contributed by atoms with E-state index in [4.69, 9.17) is 11.2 Å². The third-order valence-electron chi connectivity index (χ3n) is 4.10. The maximum Gasteiger partial charge on any atom is 0.265 e. The van der Waals surface area contributed by atoms with Crippen molar-refractivity contribution in [3.05, 3.63) is 59.7 Å². The van der Waals surface area contributed by atoms with Crippen LogP contribution in [-0.4, -0.2) is 18.1 Å². The molecule has 0 aromatic heterocycles. The second kappa shape index (κ2) is 5.79. The average molecular weight is 307 g/mol. The predicted molar refractivity (Wildman–Crippen MR) is 88.0 cm³/mol. The number of anilines is 1. The van der Waals surface area contributed by atoms with E-state index < -0.39 is 5.60 Å². The van der Waals surface area contributed by atoms with Gasteiger partial charge >= 0.3 is 0 Å². The van der Waals surface area contributed by atoms with Crippen LogP contribution in [0.2, 0.25) is 0 Å². The summed E-state index contributed by atoms with van der Waals surface area (Å²) < 4.78 is 5.14. The number of amides is 1. The Morgan fingerprint density at radius 2 is 1.91 bits per heavy atom. The number of hydrogen-bond donors (Lipinski definition) is 1. The number of rotatable bonds is 4. The van der Waals surface area contributed by atoms with E-state index in [9.17, 15) is 9.90 Å². The molecule has 2 aromatic carbocycles. The van der Waals surface area contributed by atoms with Crippen LogP contribution in [0.4, 0.5) is 5.69 Å². The van der Waals surface area contributed by atoms with Crippen LogP contribution in [-0.2, 0) is 16.9 Å². The minimum absolute atomic E-state index is 0.0397. The number of carbonyl (C=O) groups excluding carboxylic acids is 1. The van der Waals surface area contributed by atoms with Gasteiger partial charge in [-0.2, -0.15) is 0 Å². The van der Waals surface area contributed by atoms with Crippen LogP contribution in [0.3, 0.4) is 0 Å². The number of benzene rings is 2. The molecule has 1 aliphatic rings. The molecule has 4 nitrogen and oxygen atoms in total. The maximum absolute atomic E-state index is 12.8. The Hall–Kier alpha value is -2.77. The quantitative estimate of drug-likeness (QED) is 0.883. The van der Waals surface area contributed by atoms with Gasteiger partial charge in [0, 0.05) is 5.56 Å². The Kier molecular flexibility index (Phi) is 3.81. The molecule has 1 amide bonds. The molecule has 0 radical (unpaired) electrons. The molecule has 1 unspecified atom stereocenters. The monoisotopic (exact) mass is 307 g/mol. The summed E-state index contributed by atoms with van der Waals surface area (Å²) in [5.41, 5.74) is 0.569. The van der Waals surface area contributed by atoms with E-state index in [0.717, 1.165) is 11.3 Å². The van der Waals surface area contributed by atoms with Gasteiger partial charge < -0.3 is 14.7 Å². The lowest BCUT2D eigenvalue weighted by Gasteiger charge is -2.21. The van der Waals surface area contributed by atoms with Gasteiger partial charge in [-0.1, -0.05) is 30.3 Å². The lowest BCUT2D eigenvalue weighted by atomic mass is 9.92. The second-order valence-electron chi connectivity index (χ2n) is 5.50. The van der Waals surface area contributed by atoms with Gasteiger partial charge in [-0.05, 0) is 23.8 Å². The first-order valence-electron chi connectivity index (χ1n) is 7.30. The first-order valence-corrected chi connectivity index (χ1v) is 7.30. The molecule has 0 aliphatic carbocycles. The molecule has 2 aromatic rings. The van der Waals surface area contributed by atoms with Crippen molar-refractivity contribution in [2.75, 3.05) is 12.0 Å². The summed E-state index contributed by atoms with van der Waals surface area (Å²) in [6, 6.07) is 14.7. The summed E-state index contributed by atoms with van der Waals surface area (Å²) in [5, 5.41) is 10.8. The Morgan fingerprint density at radius 1 is 1.22 bits per heavy atom. The largest absolute Gasteiger partial charge is 0.497 e. The van der Waals surface area contributed by atoms with Crippen LogP contribution in [0.15, 0.2) is 48.5 Å². The summed E-state index contributed by atoms with van der Waals surface area (Å²) in [4.78, 5) is 14.3. The Bertz CT molecular complexity index is 776. The fourth-order valence-electron chi connectivity index (χ4n) is 2.90. The average Bonchev–Trinajstić information content (AvgIpc) is 2.78. The Labute approximate surface area is 135 Å². The number of para-hydroxylation sites is 1. The molecule has 116 valence electrons. The van der Waals surface area contributed by atoms with E-state index in [-0.39, 0.29) is 12.3 Å². The van der Waals surface area contributed by atoms with E-state index in [1.807, 2.05) is 36.4 Å². The molecular formula is C19H17NO3. The lowest BCUT2D eigenvalue weighted by Crippen LogP contribution is -2.39. The predicted octanol–water partition coefficient (Wildman–Crippen LogP) is 2.45. The third kappa shape index (κ3) is 2.45. The van der Waals surface area contributed by atoms with E-state index >= 15 is 0 Å². The molecular weight excluding hydrogens is 290 g/mol. The highest BCUT2D eigenvalue weighted by molar-refractivity contribution is 6.06. The fraction of sp³-hybridized carbons (Fsp3) is 0.211. The van der Waals surface area contributed by atoms with Crippen LogP contribution in [0.5, 0.6) is 5.75 Å². The molecule has 1 aliphatic heterocycles. The molecule has 1 atom stereocenters. The number of ether oxygens (including phenoxy) is 1. The molecule has 0 saturated heterocycles. The molecule has 1 heterocycles. The van der Waals surface area contributed by atoms with E-state index in [1.54, 1.807) is 24.1 Å². The van der Waals surface area contributed by atoms with Crippen LogP contribution in [0.25, 0.3) is 0 Å². The van der Waals surface area contributed by atoms with E-state index in [1.165, 1.54) is 0 Å². The minimum atomic E-state index is -1.64. The standard InChI is InChI=1S/C19H17NO3/c1-3-12-19(22)16-6-4-5-7-17(16)20(18(19)21)13-14-8-10-15(23-2)11-9-14/h1,4-11,22H,12-13H2,2H3. The van der Waals surface area contributed by atoms with Crippen molar-refractivity contribution < 1.29 is 14.6 Å².